The number of halogens is 1. The summed E-state index contributed by atoms with van der Waals surface area (Å²) >= 11 is 0. The number of hydrogen-bond acceptors (Lipinski definition) is 2. The third-order valence-corrected chi connectivity index (χ3v) is 4.71. The summed E-state index contributed by atoms with van der Waals surface area (Å²) in [6.07, 6.45) is 5.00. The summed E-state index contributed by atoms with van der Waals surface area (Å²) in [6, 6.07) is 6.56. The van der Waals surface area contributed by atoms with Crippen LogP contribution in [0.4, 0.5) is 4.39 Å². The van der Waals surface area contributed by atoms with Crippen molar-refractivity contribution >= 4 is 0 Å². The third kappa shape index (κ3) is 2.82. The first-order valence-corrected chi connectivity index (χ1v) is 7.46. The highest BCUT2D eigenvalue weighted by Gasteiger charge is 2.36. The van der Waals surface area contributed by atoms with E-state index in [4.69, 9.17) is 0 Å². The quantitative estimate of drug-likeness (QED) is 0.897. The highest BCUT2D eigenvalue weighted by atomic mass is 19.1. The molecule has 2 nitrogen and oxygen atoms in total. The van der Waals surface area contributed by atoms with E-state index in [1.165, 1.54) is 37.9 Å². The zero-order valence-corrected chi connectivity index (χ0v) is 11.7. The number of aryl methyl sites for hydroxylation is 1. The van der Waals surface area contributed by atoms with Crippen LogP contribution >= 0.6 is 0 Å². The van der Waals surface area contributed by atoms with E-state index in [1.807, 2.05) is 13.0 Å². The summed E-state index contributed by atoms with van der Waals surface area (Å²) < 4.78 is 13.0. The van der Waals surface area contributed by atoms with Gasteiger partial charge in [-0.25, -0.2) is 4.39 Å². The van der Waals surface area contributed by atoms with Gasteiger partial charge in [0.15, 0.2) is 0 Å². The first-order chi connectivity index (χ1) is 9.24. The van der Waals surface area contributed by atoms with Gasteiger partial charge >= 0.3 is 0 Å². The fourth-order valence-corrected chi connectivity index (χ4v) is 3.65. The zero-order valence-electron chi connectivity index (χ0n) is 11.7. The lowest BCUT2D eigenvalue weighted by atomic mass is 10.0. The first-order valence-electron chi connectivity index (χ1n) is 7.46. The van der Waals surface area contributed by atoms with Crippen LogP contribution in [0.25, 0.3) is 0 Å². The number of benzene rings is 1. The van der Waals surface area contributed by atoms with Crippen molar-refractivity contribution in [3.63, 3.8) is 0 Å². The second-order valence-corrected chi connectivity index (χ2v) is 5.92. The van der Waals surface area contributed by atoms with Gasteiger partial charge < -0.3 is 5.32 Å². The molecule has 0 bridgehead atoms. The molecule has 2 atom stereocenters. The molecule has 1 N–H and O–H groups in total. The lowest BCUT2D eigenvalue weighted by molar-refractivity contribution is 0.299. The molecule has 0 aromatic heterocycles. The van der Waals surface area contributed by atoms with Crippen molar-refractivity contribution in [3.8, 4) is 0 Å². The number of nitrogens with zero attached hydrogens (tertiary/aromatic N) is 1. The van der Waals surface area contributed by atoms with Crippen molar-refractivity contribution in [1.29, 1.82) is 0 Å². The fourth-order valence-electron chi connectivity index (χ4n) is 3.65. The van der Waals surface area contributed by atoms with Gasteiger partial charge in [-0.05, 0) is 69.0 Å². The van der Waals surface area contributed by atoms with Crippen LogP contribution in [0.1, 0.15) is 30.4 Å². The van der Waals surface area contributed by atoms with Gasteiger partial charge in [0, 0.05) is 18.6 Å². The summed E-state index contributed by atoms with van der Waals surface area (Å²) in [5.41, 5.74) is 2.32. The molecule has 2 heterocycles. The lowest BCUT2D eigenvalue weighted by Crippen LogP contribution is -2.40. The van der Waals surface area contributed by atoms with Gasteiger partial charge in [-0.1, -0.05) is 6.07 Å². The Labute approximate surface area is 115 Å². The minimum absolute atomic E-state index is 0.133. The predicted molar refractivity (Wildman–Crippen MR) is 75.8 cm³/mol. The average Bonchev–Trinajstić information content (AvgIpc) is 2.96. The Balaban J connectivity index is 1.50. The smallest absolute Gasteiger partial charge is 0.123 e. The fraction of sp³-hybridized carbons (Fsp3) is 0.625. The Hall–Kier alpha value is -0.930. The molecular weight excluding hydrogens is 239 g/mol. The van der Waals surface area contributed by atoms with Crippen LogP contribution < -0.4 is 5.32 Å². The van der Waals surface area contributed by atoms with Gasteiger partial charge in [0.25, 0.3) is 0 Å². The highest BCUT2D eigenvalue weighted by Crippen LogP contribution is 2.27. The summed E-state index contributed by atoms with van der Waals surface area (Å²) in [5.74, 6) is -0.133. The van der Waals surface area contributed by atoms with Crippen LogP contribution in [0, 0.1) is 12.7 Å². The molecule has 2 unspecified atom stereocenters. The molecule has 19 heavy (non-hydrogen) atoms. The number of fused-ring (bicyclic) bond motifs is 1. The maximum absolute atomic E-state index is 13.0. The maximum Gasteiger partial charge on any atom is 0.123 e. The van der Waals surface area contributed by atoms with E-state index < -0.39 is 0 Å². The van der Waals surface area contributed by atoms with Gasteiger partial charge in [-0.15, -0.1) is 0 Å². The molecule has 0 radical (unpaired) electrons. The normalized spacial score (nSPS) is 26.8. The molecule has 2 saturated heterocycles. The van der Waals surface area contributed by atoms with Crippen molar-refractivity contribution in [2.75, 3.05) is 19.6 Å². The molecule has 3 rings (SSSR count). The van der Waals surface area contributed by atoms with Crippen molar-refractivity contribution in [2.45, 2.75) is 44.7 Å². The molecule has 0 amide bonds. The van der Waals surface area contributed by atoms with Gasteiger partial charge in [-0.3, -0.25) is 4.90 Å². The molecule has 104 valence electrons. The van der Waals surface area contributed by atoms with Crippen LogP contribution in [0.2, 0.25) is 0 Å². The molecule has 1 aromatic carbocycles. The molecular formula is C16H23FN2. The van der Waals surface area contributed by atoms with Gasteiger partial charge in [0.05, 0.1) is 0 Å². The van der Waals surface area contributed by atoms with Crippen molar-refractivity contribution in [3.05, 3.63) is 35.1 Å². The zero-order chi connectivity index (χ0) is 13.2. The summed E-state index contributed by atoms with van der Waals surface area (Å²) in [5, 5.41) is 3.71. The molecule has 2 aliphatic heterocycles. The molecule has 0 spiro atoms. The summed E-state index contributed by atoms with van der Waals surface area (Å²) in [6.45, 7) is 5.55. The van der Waals surface area contributed by atoms with E-state index >= 15 is 0 Å². The Bertz CT molecular complexity index is 446. The standard InChI is InChI=1S/C16H23FN2/c1-12-11-14(17)5-4-13(12)6-8-18-15-7-10-19-9-2-3-16(15)19/h4-5,11,15-16,18H,2-3,6-10H2,1H3. The molecule has 2 aliphatic rings. The van der Waals surface area contributed by atoms with Crippen LogP contribution in [-0.2, 0) is 6.42 Å². The van der Waals surface area contributed by atoms with E-state index in [0.29, 0.717) is 6.04 Å². The van der Waals surface area contributed by atoms with Crippen LogP contribution in [0.15, 0.2) is 18.2 Å². The molecule has 0 saturated carbocycles. The van der Waals surface area contributed by atoms with Crippen LogP contribution in [0.3, 0.4) is 0 Å². The molecule has 3 heteroatoms. The first kappa shape index (κ1) is 13.1. The summed E-state index contributed by atoms with van der Waals surface area (Å²) in [7, 11) is 0. The van der Waals surface area contributed by atoms with Crippen molar-refractivity contribution in [1.82, 2.24) is 10.2 Å². The van der Waals surface area contributed by atoms with E-state index in [2.05, 4.69) is 10.2 Å². The average molecular weight is 262 g/mol. The largest absolute Gasteiger partial charge is 0.312 e. The van der Waals surface area contributed by atoms with Crippen LogP contribution in [0.5, 0.6) is 0 Å². The molecule has 0 aliphatic carbocycles. The summed E-state index contributed by atoms with van der Waals surface area (Å²) in [4.78, 5) is 2.63. The van der Waals surface area contributed by atoms with Crippen molar-refractivity contribution < 1.29 is 4.39 Å². The topological polar surface area (TPSA) is 15.3 Å². The van der Waals surface area contributed by atoms with Crippen LogP contribution in [-0.4, -0.2) is 36.6 Å². The van der Waals surface area contributed by atoms with Gasteiger partial charge in [0.1, 0.15) is 5.82 Å². The Morgan fingerprint density at radius 3 is 3.05 bits per heavy atom. The minimum atomic E-state index is -0.133. The Morgan fingerprint density at radius 1 is 1.32 bits per heavy atom. The number of nitrogens with one attached hydrogen (secondary N) is 1. The van der Waals surface area contributed by atoms with Gasteiger partial charge in [0.2, 0.25) is 0 Å². The van der Waals surface area contributed by atoms with E-state index in [-0.39, 0.29) is 5.82 Å². The van der Waals surface area contributed by atoms with E-state index in [9.17, 15) is 4.39 Å². The van der Waals surface area contributed by atoms with Gasteiger partial charge in [-0.2, -0.15) is 0 Å². The maximum atomic E-state index is 13.0. The monoisotopic (exact) mass is 262 g/mol. The molecule has 1 aromatic rings. The number of hydrogen-bond donors (Lipinski definition) is 1. The Morgan fingerprint density at radius 2 is 2.21 bits per heavy atom. The predicted octanol–water partition coefficient (Wildman–Crippen LogP) is 2.50. The number of rotatable bonds is 4. The SMILES string of the molecule is Cc1cc(F)ccc1CCNC1CCN2CCCC12. The Kier molecular flexibility index (Phi) is 3.85. The lowest BCUT2D eigenvalue weighted by Gasteiger charge is -2.21. The van der Waals surface area contributed by atoms with E-state index in [0.717, 1.165) is 24.6 Å². The second kappa shape index (κ2) is 5.59. The minimum Gasteiger partial charge on any atom is -0.312 e. The van der Waals surface area contributed by atoms with Crippen molar-refractivity contribution in [2.24, 2.45) is 0 Å². The highest BCUT2D eigenvalue weighted by molar-refractivity contribution is 5.26. The third-order valence-electron chi connectivity index (χ3n) is 4.71. The molecule has 2 fully saturated rings. The second-order valence-electron chi connectivity index (χ2n) is 5.92. The van der Waals surface area contributed by atoms with E-state index in [1.54, 1.807) is 12.1 Å².